The van der Waals surface area contributed by atoms with E-state index in [9.17, 15) is 5.11 Å². The van der Waals surface area contributed by atoms with Crippen LogP contribution in [0, 0.1) is 0 Å². The lowest BCUT2D eigenvalue weighted by atomic mass is 9.84. The van der Waals surface area contributed by atoms with Crippen LogP contribution in [0.15, 0.2) is 48.5 Å². The molecule has 2 aromatic rings. The topological polar surface area (TPSA) is 20.2 Å². The van der Waals surface area contributed by atoms with Crippen molar-refractivity contribution in [3.8, 4) is 11.1 Å². The third-order valence-corrected chi connectivity index (χ3v) is 3.54. The van der Waals surface area contributed by atoms with Crippen LogP contribution in [0.2, 0.25) is 0 Å². The second-order valence-electron chi connectivity index (χ2n) is 4.65. The molecular weight excluding hydrogens is 208 g/mol. The highest BCUT2D eigenvalue weighted by molar-refractivity contribution is 5.69. The van der Waals surface area contributed by atoms with Gasteiger partial charge in [0, 0.05) is 0 Å². The minimum Gasteiger partial charge on any atom is -0.388 e. The van der Waals surface area contributed by atoms with Gasteiger partial charge < -0.3 is 5.11 Å². The fourth-order valence-corrected chi connectivity index (χ4v) is 2.72. The van der Waals surface area contributed by atoms with Gasteiger partial charge in [-0.05, 0) is 41.5 Å². The Morgan fingerprint density at radius 3 is 2.59 bits per heavy atom. The molecule has 0 heterocycles. The maximum Gasteiger partial charge on any atom is 0.0798 e. The molecule has 0 saturated carbocycles. The molecule has 0 saturated heterocycles. The molecule has 0 aromatic heterocycles. The van der Waals surface area contributed by atoms with E-state index < -0.39 is 0 Å². The van der Waals surface area contributed by atoms with Crippen molar-refractivity contribution in [2.24, 2.45) is 0 Å². The van der Waals surface area contributed by atoms with Crippen LogP contribution in [-0.2, 0) is 6.42 Å². The van der Waals surface area contributed by atoms with Crippen molar-refractivity contribution < 1.29 is 5.11 Å². The average molecular weight is 224 g/mol. The summed E-state index contributed by atoms with van der Waals surface area (Å²) in [6.45, 7) is 0. The van der Waals surface area contributed by atoms with Crippen LogP contribution in [0.3, 0.4) is 0 Å². The van der Waals surface area contributed by atoms with Crippen LogP contribution in [0.1, 0.15) is 30.1 Å². The summed E-state index contributed by atoms with van der Waals surface area (Å²) < 4.78 is 0. The highest BCUT2D eigenvalue weighted by Crippen LogP contribution is 2.37. The van der Waals surface area contributed by atoms with E-state index >= 15 is 0 Å². The molecule has 0 amide bonds. The minimum absolute atomic E-state index is 0.296. The van der Waals surface area contributed by atoms with Gasteiger partial charge in [0.25, 0.3) is 0 Å². The highest BCUT2D eigenvalue weighted by atomic mass is 16.3. The lowest BCUT2D eigenvalue weighted by Crippen LogP contribution is -2.10. The zero-order chi connectivity index (χ0) is 11.7. The van der Waals surface area contributed by atoms with E-state index in [-0.39, 0.29) is 6.10 Å². The number of aryl methyl sites for hydroxylation is 1. The smallest absolute Gasteiger partial charge is 0.0798 e. The number of hydrogen-bond donors (Lipinski definition) is 1. The van der Waals surface area contributed by atoms with E-state index in [2.05, 4.69) is 30.3 Å². The highest BCUT2D eigenvalue weighted by Gasteiger charge is 2.21. The molecule has 86 valence electrons. The monoisotopic (exact) mass is 224 g/mol. The van der Waals surface area contributed by atoms with Crippen molar-refractivity contribution in [3.63, 3.8) is 0 Å². The van der Waals surface area contributed by atoms with Gasteiger partial charge in [-0.2, -0.15) is 0 Å². The Kier molecular flexibility index (Phi) is 2.69. The molecule has 1 atom stereocenters. The molecule has 0 bridgehead atoms. The molecule has 3 rings (SSSR count). The van der Waals surface area contributed by atoms with Gasteiger partial charge in [0.2, 0.25) is 0 Å². The Labute approximate surface area is 102 Å². The maximum atomic E-state index is 10.2. The second-order valence-corrected chi connectivity index (χ2v) is 4.65. The molecule has 0 spiro atoms. The van der Waals surface area contributed by atoms with Crippen molar-refractivity contribution in [2.75, 3.05) is 0 Å². The third kappa shape index (κ3) is 1.87. The standard InChI is InChI=1S/C16H16O/c17-15-11-5-9-13-8-4-10-14(16(13)15)12-6-2-1-3-7-12/h1-4,6-8,10,15,17H,5,9,11H2/t15-/m1/s1. The average Bonchev–Trinajstić information content (AvgIpc) is 2.39. The van der Waals surface area contributed by atoms with Crippen LogP contribution in [0.25, 0.3) is 11.1 Å². The molecule has 1 aliphatic rings. The molecule has 2 aromatic carbocycles. The summed E-state index contributed by atoms with van der Waals surface area (Å²) in [7, 11) is 0. The third-order valence-electron chi connectivity index (χ3n) is 3.54. The van der Waals surface area contributed by atoms with E-state index in [1.54, 1.807) is 0 Å². The van der Waals surface area contributed by atoms with Crippen LogP contribution < -0.4 is 0 Å². The van der Waals surface area contributed by atoms with E-state index in [4.69, 9.17) is 0 Å². The van der Waals surface area contributed by atoms with Gasteiger partial charge in [0.05, 0.1) is 6.10 Å². The van der Waals surface area contributed by atoms with Gasteiger partial charge in [-0.1, -0.05) is 48.5 Å². The number of aliphatic hydroxyl groups excluding tert-OH is 1. The summed E-state index contributed by atoms with van der Waals surface area (Å²) in [6.07, 6.45) is 2.77. The summed E-state index contributed by atoms with van der Waals surface area (Å²) in [5.41, 5.74) is 4.84. The lowest BCUT2D eigenvalue weighted by molar-refractivity contribution is 0.157. The summed E-state index contributed by atoms with van der Waals surface area (Å²) in [5, 5.41) is 10.2. The van der Waals surface area contributed by atoms with Crippen molar-refractivity contribution >= 4 is 0 Å². The first kappa shape index (κ1) is 10.5. The molecule has 0 unspecified atom stereocenters. The summed E-state index contributed by atoms with van der Waals surface area (Å²) >= 11 is 0. The number of benzene rings is 2. The zero-order valence-corrected chi connectivity index (χ0v) is 9.76. The molecule has 1 nitrogen and oxygen atoms in total. The molecule has 0 radical (unpaired) electrons. The molecule has 0 fully saturated rings. The maximum absolute atomic E-state index is 10.2. The van der Waals surface area contributed by atoms with Gasteiger partial charge in [-0.25, -0.2) is 0 Å². The second kappa shape index (κ2) is 4.34. The van der Waals surface area contributed by atoms with Crippen molar-refractivity contribution in [2.45, 2.75) is 25.4 Å². The lowest BCUT2D eigenvalue weighted by Gasteiger charge is -2.24. The fourth-order valence-electron chi connectivity index (χ4n) is 2.72. The van der Waals surface area contributed by atoms with Crippen LogP contribution in [0.4, 0.5) is 0 Å². The summed E-state index contributed by atoms with van der Waals surface area (Å²) in [4.78, 5) is 0. The van der Waals surface area contributed by atoms with E-state index in [1.807, 2.05) is 18.2 Å². The van der Waals surface area contributed by atoms with Crippen molar-refractivity contribution in [1.82, 2.24) is 0 Å². The zero-order valence-electron chi connectivity index (χ0n) is 9.76. The van der Waals surface area contributed by atoms with Crippen LogP contribution in [-0.4, -0.2) is 5.11 Å². The molecule has 1 aliphatic carbocycles. The number of rotatable bonds is 1. The Morgan fingerprint density at radius 2 is 1.76 bits per heavy atom. The van der Waals surface area contributed by atoms with Crippen molar-refractivity contribution in [3.05, 3.63) is 59.7 Å². The predicted octanol–water partition coefficient (Wildman–Crippen LogP) is 3.72. The molecule has 0 aliphatic heterocycles. The quantitative estimate of drug-likeness (QED) is 0.782. The Balaban J connectivity index is 2.18. The minimum atomic E-state index is -0.296. The Morgan fingerprint density at radius 1 is 0.941 bits per heavy atom. The van der Waals surface area contributed by atoms with E-state index in [0.717, 1.165) is 24.8 Å². The molecule has 1 N–H and O–H groups in total. The van der Waals surface area contributed by atoms with E-state index in [1.165, 1.54) is 16.7 Å². The first-order valence-electron chi connectivity index (χ1n) is 6.21. The normalized spacial score (nSPS) is 18.8. The Hall–Kier alpha value is -1.60. The SMILES string of the molecule is O[C@@H]1CCCc2cccc(-c3ccccc3)c21. The number of aliphatic hydroxyl groups is 1. The summed E-state index contributed by atoms with van der Waals surface area (Å²) in [5.74, 6) is 0. The molecular formula is C16H16O. The van der Waals surface area contributed by atoms with E-state index in [0.29, 0.717) is 0 Å². The van der Waals surface area contributed by atoms with Crippen LogP contribution in [0.5, 0.6) is 0 Å². The van der Waals surface area contributed by atoms with Gasteiger partial charge in [-0.15, -0.1) is 0 Å². The largest absolute Gasteiger partial charge is 0.388 e. The molecule has 1 heteroatoms. The van der Waals surface area contributed by atoms with Crippen molar-refractivity contribution in [1.29, 1.82) is 0 Å². The predicted molar refractivity (Wildman–Crippen MR) is 69.8 cm³/mol. The summed E-state index contributed by atoms with van der Waals surface area (Å²) in [6, 6.07) is 16.7. The first-order valence-corrected chi connectivity index (χ1v) is 6.21. The number of fused-ring (bicyclic) bond motifs is 1. The molecule has 17 heavy (non-hydrogen) atoms. The first-order chi connectivity index (χ1) is 8.36. The van der Waals surface area contributed by atoms with Gasteiger partial charge in [-0.3, -0.25) is 0 Å². The number of hydrogen-bond acceptors (Lipinski definition) is 1. The van der Waals surface area contributed by atoms with Gasteiger partial charge in [0.15, 0.2) is 0 Å². The van der Waals surface area contributed by atoms with Crippen LogP contribution >= 0.6 is 0 Å². The fraction of sp³-hybridized carbons (Fsp3) is 0.250. The Bertz CT molecular complexity index is 516. The van der Waals surface area contributed by atoms with Gasteiger partial charge in [0.1, 0.15) is 0 Å². The van der Waals surface area contributed by atoms with Gasteiger partial charge >= 0.3 is 0 Å².